The van der Waals surface area contributed by atoms with Crippen molar-refractivity contribution in [2.75, 3.05) is 16.8 Å². The molecular formula is C15H17N7S. The molecule has 0 radical (unpaired) electrons. The van der Waals surface area contributed by atoms with E-state index in [1.807, 2.05) is 32.0 Å². The third-order valence-corrected chi connectivity index (χ3v) is 4.09. The molecule has 0 aliphatic rings. The number of rotatable bonds is 4. The molecule has 3 aromatic rings. The topological polar surface area (TPSA) is 127 Å². The zero-order valence-corrected chi connectivity index (χ0v) is 13.6. The number of benzene rings is 1. The van der Waals surface area contributed by atoms with Gasteiger partial charge in [0.25, 0.3) is 0 Å². The minimum atomic E-state index is 0.166. The van der Waals surface area contributed by atoms with Gasteiger partial charge in [0.1, 0.15) is 18.0 Å². The van der Waals surface area contributed by atoms with E-state index >= 15 is 0 Å². The SMILES string of the molecule is CC(C)Nc1ncnc(N)c1C(=N)c1ccc2nc(N)sc2c1. The first-order chi connectivity index (χ1) is 11.0. The van der Waals surface area contributed by atoms with Gasteiger partial charge in [0.05, 0.1) is 21.5 Å². The molecule has 2 heterocycles. The van der Waals surface area contributed by atoms with Crippen LogP contribution in [0, 0.1) is 5.41 Å². The number of nitrogens with one attached hydrogen (secondary N) is 2. The Morgan fingerprint density at radius 3 is 2.78 bits per heavy atom. The second-order valence-electron chi connectivity index (χ2n) is 5.39. The Labute approximate surface area is 137 Å². The molecule has 2 aromatic heterocycles. The monoisotopic (exact) mass is 327 g/mol. The summed E-state index contributed by atoms with van der Waals surface area (Å²) in [5.41, 5.74) is 14.0. The van der Waals surface area contributed by atoms with E-state index in [9.17, 15) is 0 Å². The van der Waals surface area contributed by atoms with E-state index in [-0.39, 0.29) is 17.6 Å². The molecule has 23 heavy (non-hydrogen) atoms. The van der Waals surface area contributed by atoms with E-state index in [4.69, 9.17) is 16.9 Å². The van der Waals surface area contributed by atoms with E-state index in [0.29, 0.717) is 16.5 Å². The smallest absolute Gasteiger partial charge is 0.181 e. The predicted molar refractivity (Wildman–Crippen MR) is 95.2 cm³/mol. The first-order valence-corrected chi connectivity index (χ1v) is 7.89. The van der Waals surface area contributed by atoms with Crippen LogP contribution in [0.25, 0.3) is 10.2 Å². The molecular weight excluding hydrogens is 310 g/mol. The van der Waals surface area contributed by atoms with Gasteiger partial charge in [-0.25, -0.2) is 15.0 Å². The third kappa shape index (κ3) is 2.93. The second kappa shape index (κ2) is 5.81. The number of hydrogen-bond donors (Lipinski definition) is 4. The highest BCUT2D eigenvalue weighted by Gasteiger charge is 2.17. The molecule has 0 spiro atoms. The van der Waals surface area contributed by atoms with Crippen LogP contribution in [0.5, 0.6) is 0 Å². The van der Waals surface area contributed by atoms with Crippen LogP contribution in [0.1, 0.15) is 25.0 Å². The molecule has 0 unspecified atom stereocenters. The Hall–Kier alpha value is -2.74. The minimum Gasteiger partial charge on any atom is -0.383 e. The molecule has 0 aliphatic carbocycles. The summed E-state index contributed by atoms with van der Waals surface area (Å²) in [4.78, 5) is 12.5. The third-order valence-electron chi connectivity index (χ3n) is 3.25. The first-order valence-electron chi connectivity index (χ1n) is 7.08. The molecule has 7 nitrogen and oxygen atoms in total. The van der Waals surface area contributed by atoms with Crippen molar-refractivity contribution in [1.29, 1.82) is 5.41 Å². The first kappa shape index (κ1) is 15.2. The number of fused-ring (bicyclic) bond motifs is 1. The Morgan fingerprint density at radius 2 is 2.04 bits per heavy atom. The molecule has 0 amide bonds. The van der Waals surface area contributed by atoms with Gasteiger partial charge in [-0.1, -0.05) is 17.4 Å². The van der Waals surface area contributed by atoms with Gasteiger partial charge in [-0.15, -0.1) is 0 Å². The standard InChI is InChI=1S/C15H17N7S/c1-7(2)21-14-11(13(17)19-6-20-14)12(16)8-3-4-9-10(5-8)23-15(18)22-9/h3-7,16H,1-2H3,(H2,18,22)(H3,17,19,20,21). The van der Waals surface area contributed by atoms with Crippen LogP contribution < -0.4 is 16.8 Å². The van der Waals surface area contributed by atoms with Gasteiger partial charge in [0.15, 0.2) is 5.13 Å². The quantitative estimate of drug-likeness (QED) is 0.545. The van der Waals surface area contributed by atoms with Gasteiger partial charge in [-0.2, -0.15) is 0 Å². The van der Waals surface area contributed by atoms with Crippen LogP contribution in [-0.4, -0.2) is 26.7 Å². The average molecular weight is 327 g/mol. The predicted octanol–water partition coefficient (Wildman–Crippen LogP) is 2.49. The summed E-state index contributed by atoms with van der Waals surface area (Å²) in [6.07, 6.45) is 1.39. The lowest BCUT2D eigenvalue weighted by atomic mass is 10.0. The molecule has 0 aliphatic heterocycles. The fourth-order valence-electron chi connectivity index (χ4n) is 2.27. The molecule has 118 valence electrons. The van der Waals surface area contributed by atoms with Gasteiger partial charge in [0.2, 0.25) is 0 Å². The Kier molecular flexibility index (Phi) is 3.83. The molecule has 8 heteroatoms. The summed E-state index contributed by atoms with van der Waals surface area (Å²) in [5, 5.41) is 12.2. The van der Waals surface area contributed by atoms with E-state index in [2.05, 4.69) is 20.3 Å². The number of aromatic nitrogens is 3. The van der Waals surface area contributed by atoms with Crippen LogP contribution in [0.4, 0.5) is 16.8 Å². The summed E-state index contributed by atoms with van der Waals surface area (Å²) in [5.74, 6) is 0.832. The van der Waals surface area contributed by atoms with Gasteiger partial charge >= 0.3 is 0 Å². The Balaban J connectivity index is 2.07. The Bertz CT molecular complexity index is 885. The largest absolute Gasteiger partial charge is 0.383 e. The molecule has 0 fully saturated rings. The lowest BCUT2D eigenvalue weighted by Crippen LogP contribution is -2.17. The zero-order chi connectivity index (χ0) is 16.6. The van der Waals surface area contributed by atoms with E-state index in [0.717, 1.165) is 15.8 Å². The summed E-state index contributed by atoms with van der Waals surface area (Å²) < 4.78 is 0.929. The van der Waals surface area contributed by atoms with Crippen molar-refractivity contribution in [3.63, 3.8) is 0 Å². The summed E-state index contributed by atoms with van der Waals surface area (Å²) in [7, 11) is 0. The number of nitrogens with zero attached hydrogens (tertiary/aromatic N) is 3. The number of nitrogens with two attached hydrogens (primary N) is 2. The van der Waals surface area contributed by atoms with Gasteiger partial charge in [0, 0.05) is 11.6 Å². The Morgan fingerprint density at radius 1 is 1.26 bits per heavy atom. The van der Waals surface area contributed by atoms with Gasteiger partial charge < -0.3 is 16.8 Å². The number of anilines is 3. The molecule has 0 atom stereocenters. The molecule has 1 aromatic carbocycles. The van der Waals surface area contributed by atoms with Crippen LogP contribution in [-0.2, 0) is 0 Å². The van der Waals surface area contributed by atoms with Gasteiger partial charge in [-0.3, -0.25) is 5.41 Å². The maximum atomic E-state index is 8.53. The van der Waals surface area contributed by atoms with E-state index in [1.54, 1.807) is 0 Å². The highest BCUT2D eigenvalue weighted by atomic mass is 32.1. The van der Waals surface area contributed by atoms with Crippen LogP contribution >= 0.6 is 11.3 Å². The minimum absolute atomic E-state index is 0.166. The lowest BCUT2D eigenvalue weighted by molar-refractivity contribution is 0.885. The van der Waals surface area contributed by atoms with Crippen LogP contribution in [0.15, 0.2) is 24.5 Å². The van der Waals surface area contributed by atoms with Crippen molar-refractivity contribution in [3.05, 3.63) is 35.7 Å². The number of nitrogen functional groups attached to an aromatic ring is 2. The molecule has 0 saturated heterocycles. The van der Waals surface area contributed by atoms with Crippen molar-refractivity contribution >= 4 is 44.0 Å². The normalized spacial score (nSPS) is 11.1. The highest BCUT2D eigenvalue weighted by Crippen LogP contribution is 2.27. The molecule has 6 N–H and O–H groups in total. The lowest BCUT2D eigenvalue weighted by Gasteiger charge is -2.15. The van der Waals surface area contributed by atoms with Crippen molar-refractivity contribution in [1.82, 2.24) is 15.0 Å². The molecule has 0 bridgehead atoms. The van der Waals surface area contributed by atoms with E-state index in [1.165, 1.54) is 17.7 Å². The summed E-state index contributed by atoms with van der Waals surface area (Å²) in [6.45, 7) is 4.00. The van der Waals surface area contributed by atoms with Crippen molar-refractivity contribution in [3.8, 4) is 0 Å². The second-order valence-corrected chi connectivity index (χ2v) is 6.45. The van der Waals surface area contributed by atoms with Gasteiger partial charge in [-0.05, 0) is 26.0 Å². The average Bonchev–Trinajstić information content (AvgIpc) is 2.85. The fourth-order valence-corrected chi connectivity index (χ4v) is 3.04. The van der Waals surface area contributed by atoms with Crippen LogP contribution in [0.3, 0.4) is 0 Å². The summed E-state index contributed by atoms with van der Waals surface area (Å²) >= 11 is 1.39. The van der Waals surface area contributed by atoms with Crippen molar-refractivity contribution in [2.45, 2.75) is 19.9 Å². The van der Waals surface area contributed by atoms with E-state index < -0.39 is 0 Å². The molecule has 3 rings (SSSR count). The number of hydrogen-bond acceptors (Lipinski definition) is 8. The number of thiazole rings is 1. The maximum absolute atomic E-state index is 8.53. The highest BCUT2D eigenvalue weighted by molar-refractivity contribution is 7.22. The zero-order valence-electron chi connectivity index (χ0n) is 12.8. The van der Waals surface area contributed by atoms with Crippen molar-refractivity contribution < 1.29 is 0 Å². The fraction of sp³-hybridized carbons (Fsp3) is 0.200. The van der Waals surface area contributed by atoms with Crippen molar-refractivity contribution in [2.24, 2.45) is 0 Å². The summed E-state index contributed by atoms with van der Waals surface area (Å²) in [6, 6.07) is 5.73. The maximum Gasteiger partial charge on any atom is 0.181 e. The van der Waals surface area contributed by atoms with Crippen LogP contribution in [0.2, 0.25) is 0 Å². The molecule has 0 saturated carbocycles.